The van der Waals surface area contributed by atoms with Crippen LogP contribution in [0.15, 0.2) is 24.5 Å². The van der Waals surface area contributed by atoms with Gasteiger partial charge in [0.15, 0.2) is 0 Å². The Morgan fingerprint density at radius 1 is 1.00 bits per heavy atom. The first-order chi connectivity index (χ1) is 13.3. The van der Waals surface area contributed by atoms with Crippen LogP contribution < -0.4 is 0 Å². The second kappa shape index (κ2) is 7.43. The Balaban J connectivity index is 1.41. The summed E-state index contributed by atoms with van der Waals surface area (Å²) in [7, 11) is -1.47. The van der Waals surface area contributed by atoms with Crippen LogP contribution in [0.4, 0.5) is 0 Å². The van der Waals surface area contributed by atoms with Gasteiger partial charge in [-0.2, -0.15) is 17.0 Å². The molecule has 4 rings (SSSR count). The molecule has 0 bridgehead atoms. The number of hydrogen-bond donors (Lipinski definition) is 0. The molecule has 2 fully saturated rings. The Hall–Kier alpha value is -2.01. The zero-order valence-corrected chi connectivity index (χ0v) is 17.1. The Morgan fingerprint density at radius 2 is 1.61 bits per heavy atom. The molecule has 2 aliphatic rings. The minimum atomic E-state index is -3.47. The molecule has 1 amide bonds. The van der Waals surface area contributed by atoms with Crippen molar-refractivity contribution in [1.82, 2.24) is 27.8 Å². The summed E-state index contributed by atoms with van der Waals surface area (Å²) in [6.45, 7) is 5.86. The number of nitrogens with zero attached hydrogens (tertiary/aromatic N) is 6. The van der Waals surface area contributed by atoms with Crippen LogP contribution in [0.2, 0.25) is 0 Å². The summed E-state index contributed by atoms with van der Waals surface area (Å²) in [6.07, 6.45) is 3.61. The van der Waals surface area contributed by atoms with Gasteiger partial charge in [0.25, 0.3) is 16.1 Å². The van der Waals surface area contributed by atoms with Crippen molar-refractivity contribution in [2.24, 2.45) is 0 Å². The van der Waals surface area contributed by atoms with E-state index in [4.69, 9.17) is 0 Å². The van der Waals surface area contributed by atoms with E-state index >= 15 is 0 Å². The molecule has 0 unspecified atom stereocenters. The van der Waals surface area contributed by atoms with E-state index in [1.54, 1.807) is 15.4 Å². The molecule has 0 spiro atoms. The normalized spacial score (nSPS) is 20.7. The highest BCUT2D eigenvalue weighted by Crippen LogP contribution is 2.16. The van der Waals surface area contributed by atoms with Crippen molar-refractivity contribution < 1.29 is 13.2 Å². The second-order valence-electron chi connectivity index (χ2n) is 7.50. The third-order valence-electron chi connectivity index (χ3n) is 5.48. The average molecular weight is 407 g/mol. The molecule has 152 valence electrons. The number of carbonyl (C=O) groups is 1. The zero-order chi connectivity index (χ0) is 19.9. The highest BCUT2D eigenvalue weighted by Gasteiger charge is 2.35. The molecule has 10 heteroatoms. The largest absolute Gasteiger partial charge is 0.335 e. The molecule has 0 atom stereocenters. The van der Waals surface area contributed by atoms with Crippen LogP contribution in [-0.2, 0) is 10.2 Å². The van der Waals surface area contributed by atoms with Gasteiger partial charge in [-0.05, 0) is 31.7 Å². The monoisotopic (exact) mass is 406 g/mol. The number of carbonyl (C=O) groups excluding carboxylic acids is 1. The van der Waals surface area contributed by atoms with Gasteiger partial charge in [-0.1, -0.05) is 0 Å². The number of imidazole rings is 1. The maximum Gasteiger partial charge on any atom is 0.282 e. The van der Waals surface area contributed by atoms with E-state index in [1.165, 1.54) is 4.31 Å². The van der Waals surface area contributed by atoms with Crippen molar-refractivity contribution in [1.29, 1.82) is 0 Å². The first kappa shape index (κ1) is 19.3. The third kappa shape index (κ3) is 3.64. The Kier molecular flexibility index (Phi) is 5.13. The number of aromatic nitrogens is 2. The molecule has 0 N–H and O–H groups in total. The lowest BCUT2D eigenvalue weighted by atomic mass is 10.3. The van der Waals surface area contributed by atoms with Gasteiger partial charge in [0, 0.05) is 64.8 Å². The van der Waals surface area contributed by atoms with Crippen LogP contribution in [0, 0.1) is 6.92 Å². The number of amides is 1. The maximum absolute atomic E-state index is 12.9. The lowest BCUT2D eigenvalue weighted by Gasteiger charge is -2.38. The minimum Gasteiger partial charge on any atom is -0.335 e. The van der Waals surface area contributed by atoms with Crippen LogP contribution in [0.25, 0.3) is 5.65 Å². The molecule has 28 heavy (non-hydrogen) atoms. The number of aryl methyl sites for hydroxylation is 1. The number of hydrogen-bond acceptors (Lipinski definition) is 5. The van der Waals surface area contributed by atoms with E-state index in [9.17, 15) is 13.2 Å². The summed E-state index contributed by atoms with van der Waals surface area (Å²) in [5.41, 5.74) is 2.21. The molecular weight excluding hydrogens is 380 g/mol. The van der Waals surface area contributed by atoms with Crippen LogP contribution in [0.1, 0.15) is 16.1 Å². The Morgan fingerprint density at radius 3 is 2.25 bits per heavy atom. The standard InChI is InChI=1S/C18H26N6O3S/c1-15-3-4-22-14-16(19-17(22)13-15)18(25)21-7-11-24(12-8-21)28(26,27)23-9-5-20(2)6-10-23/h3-4,13-14H,5-12H2,1-2H3. The minimum absolute atomic E-state index is 0.155. The van der Waals surface area contributed by atoms with Crippen LogP contribution in [0.3, 0.4) is 0 Å². The lowest BCUT2D eigenvalue weighted by molar-refractivity contribution is 0.0687. The van der Waals surface area contributed by atoms with Crippen LogP contribution in [0.5, 0.6) is 0 Å². The topological polar surface area (TPSA) is 81.5 Å². The van der Waals surface area contributed by atoms with Gasteiger partial charge in [-0.15, -0.1) is 0 Å². The van der Waals surface area contributed by atoms with Crippen molar-refractivity contribution >= 4 is 21.8 Å². The quantitative estimate of drug-likeness (QED) is 0.711. The van der Waals surface area contributed by atoms with Gasteiger partial charge in [-0.25, -0.2) is 4.98 Å². The average Bonchev–Trinajstić information content (AvgIpc) is 3.11. The maximum atomic E-state index is 12.9. The van der Waals surface area contributed by atoms with Gasteiger partial charge in [-0.3, -0.25) is 4.79 Å². The molecule has 0 aliphatic carbocycles. The Bertz CT molecular complexity index is 972. The fraction of sp³-hybridized carbons (Fsp3) is 0.556. The first-order valence-corrected chi connectivity index (χ1v) is 10.9. The highest BCUT2D eigenvalue weighted by molar-refractivity contribution is 7.86. The van der Waals surface area contributed by atoms with Crippen molar-refractivity contribution in [2.45, 2.75) is 6.92 Å². The molecule has 2 aliphatic heterocycles. The summed E-state index contributed by atoms with van der Waals surface area (Å²) < 4.78 is 30.6. The van der Waals surface area contributed by atoms with E-state index in [1.807, 2.05) is 36.7 Å². The fourth-order valence-electron chi connectivity index (χ4n) is 3.65. The van der Waals surface area contributed by atoms with E-state index in [2.05, 4.69) is 9.88 Å². The Labute approximate surface area is 165 Å². The van der Waals surface area contributed by atoms with E-state index in [0.717, 1.165) is 24.3 Å². The van der Waals surface area contributed by atoms with Gasteiger partial charge < -0.3 is 14.2 Å². The summed E-state index contributed by atoms with van der Waals surface area (Å²) in [6, 6.07) is 3.89. The predicted octanol–water partition coefficient (Wildman–Crippen LogP) is -0.107. The number of rotatable bonds is 3. The molecule has 2 saturated heterocycles. The van der Waals surface area contributed by atoms with Gasteiger partial charge in [0.05, 0.1) is 0 Å². The van der Waals surface area contributed by atoms with Crippen molar-refractivity contribution in [2.75, 3.05) is 59.4 Å². The number of piperazine rings is 2. The molecule has 0 radical (unpaired) electrons. The molecule has 9 nitrogen and oxygen atoms in total. The first-order valence-electron chi connectivity index (χ1n) is 9.53. The second-order valence-corrected chi connectivity index (χ2v) is 9.43. The van der Waals surface area contributed by atoms with Crippen LogP contribution in [-0.4, -0.2) is 102 Å². The SMILES string of the molecule is Cc1ccn2cc(C(=O)N3CCN(S(=O)(=O)N4CCN(C)CC4)CC3)nc2c1. The molecule has 0 aromatic carbocycles. The smallest absolute Gasteiger partial charge is 0.282 e. The van der Waals surface area contributed by atoms with E-state index in [0.29, 0.717) is 45.0 Å². The fourth-order valence-corrected chi connectivity index (χ4v) is 5.23. The summed E-state index contributed by atoms with van der Waals surface area (Å²) >= 11 is 0. The predicted molar refractivity (Wildman–Crippen MR) is 105 cm³/mol. The van der Waals surface area contributed by atoms with Crippen molar-refractivity contribution in [3.8, 4) is 0 Å². The molecule has 4 heterocycles. The highest BCUT2D eigenvalue weighted by atomic mass is 32.2. The third-order valence-corrected chi connectivity index (χ3v) is 7.51. The van der Waals surface area contributed by atoms with Gasteiger partial charge >= 0.3 is 0 Å². The summed E-state index contributed by atoms with van der Waals surface area (Å²) in [5.74, 6) is -0.155. The molecule has 2 aromatic rings. The zero-order valence-electron chi connectivity index (χ0n) is 16.3. The molecule has 2 aromatic heterocycles. The van der Waals surface area contributed by atoms with Gasteiger partial charge in [0.1, 0.15) is 11.3 Å². The van der Waals surface area contributed by atoms with Crippen molar-refractivity contribution in [3.63, 3.8) is 0 Å². The van der Waals surface area contributed by atoms with Crippen LogP contribution >= 0.6 is 0 Å². The van der Waals surface area contributed by atoms with Gasteiger partial charge in [0.2, 0.25) is 0 Å². The summed E-state index contributed by atoms with van der Waals surface area (Å²) in [5, 5.41) is 0. The number of likely N-dealkylation sites (N-methyl/N-ethyl adjacent to an activating group) is 1. The lowest BCUT2D eigenvalue weighted by Crippen LogP contribution is -2.57. The number of fused-ring (bicyclic) bond motifs is 1. The number of pyridine rings is 1. The molecular formula is C18H26N6O3S. The molecule has 0 saturated carbocycles. The van der Waals surface area contributed by atoms with E-state index < -0.39 is 10.2 Å². The van der Waals surface area contributed by atoms with E-state index in [-0.39, 0.29) is 5.91 Å². The van der Waals surface area contributed by atoms with Crippen molar-refractivity contribution in [3.05, 3.63) is 35.8 Å². The summed E-state index contributed by atoms with van der Waals surface area (Å²) in [4.78, 5) is 21.0.